The molecule has 0 saturated heterocycles. The van der Waals surface area contributed by atoms with Crippen molar-refractivity contribution in [2.24, 2.45) is 0 Å². The summed E-state index contributed by atoms with van der Waals surface area (Å²) < 4.78 is 0. The Morgan fingerprint density at radius 1 is 0.520 bits per heavy atom. The van der Waals surface area contributed by atoms with Crippen molar-refractivity contribution in [1.82, 2.24) is 4.98 Å². The molecule has 0 atom stereocenters. The van der Waals surface area contributed by atoms with Crippen molar-refractivity contribution in [3.8, 4) is 22.3 Å². The molecule has 0 bridgehead atoms. The van der Waals surface area contributed by atoms with E-state index in [0.29, 0.717) is 58.1 Å². The molecule has 3 rings (SSSR count). The molecule has 0 unspecified atom stereocenters. The van der Waals surface area contributed by atoms with E-state index < -0.39 is 0 Å². The summed E-state index contributed by atoms with van der Waals surface area (Å²) in [5.41, 5.74) is 9.20. The van der Waals surface area contributed by atoms with Gasteiger partial charge >= 0.3 is 0 Å². The van der Waals surface area contributed by atoms with E-state index in [-0.39, 0.29) is 0 Å². The molecule has 0 spiro atoms. The Balaban J connectivity index is 2.23. The Morgan fingerprint density at radius 3 is 1.28 bits per heavy atom. The first-order valence-electron chi connectivity index (χ1n) is 6.83. The van der Waals surface area contributed by atoms with E-state index in [9.17, 15) is 0 Å². The molecule has 0 radical (unpaired) electrons. The molecule has 25 heavy (non-hydrogen) atoms. The van der Waals surface area contributed by atoms with Crippen LogP contribution in [0.25, 0.3) is 22.3 Å². The SMILES string of the molecule is Nc1c(-c2cc(Cl)c(Cl)cc2Cl)cncc1-c1cc(Cl)c(Cl)cc1Cl. The predicted octanol–water partition coefficient (Wildman–Crippen LogP) is 7.92. The fourth-order valence-corrected chi connectivity index (χ4v) is 3.65. The van der Waals surface area contributed by atoms with Gasteiger partial charge in [0, 0.05) is 34.6 Å². The molecule has 0 saturated carbocycles. The highest BCUT2D eigenvalue weighted by atomic mass is 35.5. The van der Waals surface area contributed by atoms with Gasteiger partial charge in [-0.05, 0) is 24.3 Å². The maximum atomic E-state index is 6.35. The third-order valence-corrected chi connectivity index (χ3v) is 5.66. The first-order valence-corrected chi connectivity index (χ1v) is 9.09. The number of hydrogen-bond donors (Lipinski definition) is 1. The third kappa shape index (κ3) is 3.66. The van der Waals surface area contributed by atoms with Crippen molar-refractivity contribution in [3.63, 3.8) is 0 Å². The van der Waals surface area contributed by atoms with Crippen molar-refractivity contribution < 1.29 is 0 Å². The van der Waals surface area contributed by atoms with Crippen molar-refractivity contribution in [3.05, 3.63) is 66.8 Å². The molecule has 0 aliphatic rings. The Hall–Kier alpha value is -0.870. The third-order valence-electron chi connectivity index (χ3n) is 3.59. The van der Waals surface area contributed by atoms with Crippen LogP contribution in [-0.4, -0.2) is 4.98 Å². The molecule has 8 heteroatoms. The number of hydrogen-bond acceptors (Lipinski definition) is 2. The van der Waals surface area contributed by atoms with E-state index >= 15 is 0 Å². The smallest absolute Gasteiger partial charge is 0.0607 e. The molecule has 0 aliphatic heterocycles. The second kappa shape index (κ2) is 7.40. The largest absolute Gasteiger partial charge is 0.398 e. The van der Waals surface area contributed by atoms with Gasteiger partial charge in [0.25, 0.3) is 0 Å². The van der Waals surface area contributed by atoms with Gasteiger partial charge in [-0.25, -0.2) is 0 Å². The number of pyridine rings is 1. The number of nitrogens with zero attached hydrogens (tertiary/aromatic N) is 1. The minimum atomic E-state index is 0.352. The first-order chi connectivity index (χ1) is 11.8. The molecule has 3 aromatic rings. The van der Waals surface area contributed by atoms with E-state index in [2.05, 4.69) is 4.98 Å². The number of nitrogen functional groups attached to an aromatic ring is 1. The molecular weight excluding hydrogens is 445 g/mol. The summed E-state index contributed by atoms with van der Waals surface area (Å²) in [5.74, 6) is 0. The lowest BCUT2D eigenvalue weighted by atomic mass is 9.99. The summed E-state index contributed by atoms with van der Waals surface area (Å²) in [6.07, 6.45) is 3.19. The van der Waals surface area contributed by atoms with Crippen molar-refractivity contribution >= 4 is 75.3 Å². The Labute approximate surface area is 174 Å². The molecule has 0 amide bonds. The normalized spacial score (nSPS) is 11.0. The Kier molecular flexibility index (Phi) is 5.60. The molecule has 0 aliphatic carbocycles. The summed E-state index contributed by atoms with van der Waals surface area (Å²) in [5, 5.41) is 2.23. The van der Waals surface area contributed by atoms with Crippen LogP contribution in [0.1, 0.15) is 0 Å². The van der Waals surface area contributed by atoms with E-state index in [0.717, 1.165) is 0 Å². The zero-order valence-electron chi connectivity index (χ0n) is 12.3. The molecule has 128 valence electrons. The van der Waals surface area contributed by atoms with Crippen LogP contribution < -0.4 is 5.73 Å². The maximum absolute atomic E-state index is 6.35. The number of benzene rings is 2. The van der Waals surface area contributed by atoms with Gasteiger partial charge in [0.2, 0.25) is 0 Å². The van der Waals surface area contributed by atoms with Gasteiger partial charge in [0.1, 0.15) is 0 Å². The maximum Gasteiger partial charge on any atom is 0.0607 e. The van der Waals surface area contributed by atoms with Gasteiger partial charge in [-0.1, -0.05) is 69.6 Å². The van der Waals surface area contributed by atoms with Crippen LogP contribution in [0.3, 0.4) is 0 Å². The summed E-state index contributed by atoms with van der Waals surface area (Å²) in [7, 11) is 0. The van der Waals surface area contributed by atoms with E-state index in [1.165, 1.54) is 0 Å². The van der Waals surface area contributed by atoms with Gasteiger partial charge in [0.15, 0.2) is 0 Å². The van der Waals surface area contributed by atoms with Crippen LogP contribution in [0, 0.1) is 0 Å². The van der Waals surface area contributed by atoms with Crippen LogP contribution in [0.5, 0.6) is 0 Å². The number of anilines is 1. The molecule has 0 fully saturated rings. The van der Waals surface area contributed by atoms with Crippen molar-refractivity contribution in [2.75, 3.05) is 5.73 Å². The molecular formula is C17H8Cl6N2. The molecule has 1 aromatic heterocycles. The minimum Gasteiger partial charge on any atom is -0.398 e. The lowest BCUT2D eigenvalue weighted by Gasteiger charge is -2.14. The molecule has 2 nitrogen and oxygen atoms in total. The van der Waals surface area contributed by atoms with Gasteiger partial charge < -0.3 is 5.73 Å². The summed E-state index contributed by atoms with van der Waals surface area (Å²) in [4.78, 5) is 4.24. The predicted molar refractivity (Wildman–Crippen MR) is 110 cm³/mol. The highest BCUT2D eigenvalue weighted by Gasteiger charge is 2.17. The van der Waals surface area contributed by atoms with Gasteiger partial charge in [-0.15, -0.1) is 0 Å². The summed E-state index contributed by atoms with van der Waals surface area (Å²) in [6.45, 7) is 0. The number of rotatable bonds is 2. The zero-order valence-corrected chi connectivity index (χ0v) is 16.8. The minimum absolute atomic E-state index is 0.352. The highest BCUT2D eigenvalue weighted by molar-refractivity contribution is 6.45. The van der Waals surface area contributed by atoms with Crippen molar-refractivity contribution in [1.29, 1.82) is 0 Å². The number of halogens is 6. The lowest BCUT2D eigenvalue weighted by molar-refractivity contribution is 1.33. The Morgan fingerprint density at radius 2 is 0.880 bits per heavy atom. The van der Waals surface area contributed by atoms with E-state index in [1.807, 2.05) is 0 Å². The Bertz CT molecular complexity index is 912. The summed E-state index contributed by atoms with van der Waals surface area (Å²) in [6, 6.07) is 6.39. The van der Waals surface area contributed by atoms with E-state index in [4.69, 9.17) is 75.3 Å². The first kappa shape index (κ1) is 18.9. The van der Waals surface area contributed by atoms with Crippen molar-refractivity contribution in [2.45, 2.75) is 0 Å². The van der Waals surface area contributed by atoms with Crippen LogP contribution in [0.2, 0.25) is 30.1 Å². The second-order valence-corrected chi connectivity index (χ2v) is 7.58. The molecule has 2 N–H and O–H groups in total. The molecule has 1 heterocycles. The van der Waals surface area contributed by atoms with Gasteiger partial charge in [-0.2, -0.15) is 0 Å². The number of nitrogens with two attached hydrogens (primary N) is 1. The summed E-state index contributed by atoms with van der Waals surface area (Å²) >= 11 is 36.8. The molecule has 2 aromatic carbocycles. The van der Waals surface area contributed by atoms with Gasteiger partial charge in [0.05, 0.1) is 35.8 Å². The fraction of sp³-hybridized carbons (Fsp3) is 0. The zero-order chi connectivity index (χ0) is 18.3. The second-order valence-electron chi connectivity index (χ2n) is 5.14. The topological polar surface area (TPSA) is 38.9 Å². The van der Waals surface area contributed by atoms with Gasteiger partial charge in [-0.3, -0.25) is 4.98 Å². The average Bonchev–Trinajstić information content (AvgIpc) is 2.55. The number of aromatic nitrogens is 1. The van der Waals surface area contributed by atoms with Crippen LogP contribution in [0.4, 0.5) is 5.69 Å². The average molecular weight is 453 g/mol. The monoisotopic (exact) mass is 450 g/mol. The standard InChI is InChI=1S/C17H8Cl6N2/c18-11-3-15(22)13(20)1-7(11)9-5-25-6-10(17(9)24)8-2-14(21)16(23)4-12(8)19/h1-6H,(H2,24,25). The van der Waals surface area contributed by atoms with E-state index in [1.54, 1.807) is 36.7 Å². The fourth-order valence-electron chi connectivity index (χ4n) is 2.36. The van der Waals surface area contributed by atoms with Crippen LogP contribution in [-0.2, 0) is 0 Å². The van der Waals surface area contributed by atoms with Crippen LogP contribution in [0.15, 0.2) is 36.7 Å². The quantitative estimate of drug-likeness (QED) is 0.401. The highest BCUT2D eigenvalue weighted by Crippen LogP contribution is 2.43. The lowest BCUT2D eigenvalue weighted by Crippen LogP contribution is -1.97. The van der Waals surface area contributed by atoms with Crippen LogP contribution >= 0.6 is 69.6 Å².